The molecule has 314 valence electrons. The molecule has 54 heavy (non-hydrogen) atoms. The van der Waals surface area contributed by atoms with Crippen LogP contribution in [0.1, 0.15) is 168 Å². The number of ether oxygens (including phenoxy) is 3. The second-order valence-corrected chi connectivity index (χ2v) is 14.8. The number of amides is 1. The topological polar surface area (TPSA) is 211 Å². The minimum atomic E-state index is -1.70. The molecule has 0 aromatic rings. The number of hydrogen-bond acceptors (Lipinski definition) is 10. The van der Waals surface area contributed by atoms with Gasteiger partial charge in [-0.1, -0.05) is 161 Å². The molecule has 1 fully saturated rings. The Bertz CT molecular complexity index is 1040. The van der Waals surface area contributed by atoms with Gasteiger partial charge in [-0.2, -0.15) is 4.79 Å². The molecule has 0 bridgehead atoms. The van der Waals surface area contributed by atoms with Gasteiger partial charge in [0.1, 0.15) is 24.4 Å². The second-order valence-electron chi connectivity index (χ2n) is 14.8. The predicted octanol–water partition coefficient (Wildman–Crippen LogP) is 5.82. The van der Waals surface area contributed by atoms with Crippen molar-refractivity contribution in [1.29, 1.82) is 0 Å². The number of esters is 1. The molecule has 0 saturated carbocycles. The monoisotopic (exact) mass is 770 g/mol. The molecule has 0 spiro atoms. The number of carbonyl (C=O) groups is 2. The van der Waals surface area contributed by atoms with Crippen molar-refractivity contribution in [3.05, 3.63) is 17.7 Å². The zero-order chi connectivity index (χ0) is 39.8. The van der Waals surface area contributed by atoms with Crippen LogP contribution in [0.15, 0.2) is 12.2 Å². The van der Waals surface area contributed by atoms with E-state index >= 15 is 0 Å². The highest BCUT2D eigenvalue weighted by Crippen LogP contribution is 2.22. The van der Waals surface area contributed by atoms with Gasteiger partial charge in [-0.25, -0.2) is 4.79 Å². The molecule has 0 unspecified atom stereocenters. The van der Waals surface area contributed by atoms with E-state index in [1.54, 1.807) is 6.08 Å². The molecule has 0 aromatic heterocycles. The Morgan fingerprint density at radius 1 is 0.741 bits per heavy atom. The largest absolute Gasteiger partial charge is 0.462 e. The highest BCUT2D eigenvalue weighted by molar-refractivity contribution is 6.61. The normalized spacial score (nSPS) is 21.1. The summed E-state index contributed by atoms with van der Waals surface area (Å²) in [5.41, 5.74) is 8.63. The lowest BCUT2D eigenvalue weighted by Gasteiger charge is -2.40. The van der Waals surface area contributed by atoms with E-state index in [1.807, 2.05) is 0 Å². The summed E-state index contributed by atoms with van der Waals surface area (Å²) in [7, 11) is 0. The maximum atomic E-state index is 13.1. The van der Waals surface area contributed by atoms with Crippen LogP contribution in [0.2, 0.25) is 0 Å². The van der Waals surface area contributed by atoms with Crippen molar-refractivity contribution in [2.75, 3.05) is 19.8 Å². The Labute approximate surface area is 324 Å². The van der Waals surface area contributed by atoms with Crippen molar-refractivity contribution in [1.82, 2.24) is 5.32 Å². The van der Waals surface area contributed by atoms with E-state index < -0.39 is 73.7 Å². The van der Waals surface area contributed by atoms with Gasteiger partial charge in [0.2, 0.25) is 0 Å². The van der Waals surface area contributed by atoms with Crippen molar-refractivity contribution in [3.63, 3.8) is 0 Å². The predicted molar refractivity (Wildman–Crippen MR) is 209 cm³/mol. The van der Waals surface area contributed by atoms with Gasteiger partial charge in [0.05, 0.1) is 32.0 Å². The van der Waals surface area contributed by atoms with Gasteiger partial charge in [0, 0.05) is 0 Å². The standard InChI is InChI=1S/C41H75N3O10/c1-3-5-7-9-11-13-15-17-18-20-22-24-26-28-33(46)32(31-53-41-38(49)37(48)36(47)34(30-45)54-41)43-39(50)35(44-42)40(51)52-29-27-25-23-21-19-16-14-12-10-8-6-4-2/h26,28,32-34,36-38,41,45-49H,3-25,27,29-31H2,1-2H3,(H,43,50)/b28-26+/t32-,33+,34+,36-,37-,38+,41+/m0/s1. The van der Waals surface area contributed by atoms with Crippen LogP contribution in [0.5, 0.6) is 0 Å². The van der Waals surface area contributed by atoms with E-state index in [9.17, 15) is 40.7 Å². The molecule has 0 aromatic carbocycles. The van der Waals surface area contributed by atoms with E-state index in [1.165, 1.54) is 109 Å². The summed E-state index contributed by atoms with van der Waals surface area (Å²) in [6, 6.07) is -1.22. The van der Waals surface area contributed by atoms with Crippen molar-refractivity contribution < 1.29 is 54.1 Å². The van der Waals surface area contributed by atoms with Gasteiger partial charge < -0.3 is 50.6 Å². The van der Waals surface area contributed by atoms with Crippen LogP contribution < -0.4 is 5.32 Å². The highest BCUT2D eigenvalue weighted by Gasteiger charge is 2.44. The summed E-state index contributed by atoms with van der Waals surface area (Å²) in [5, 5.41) is 53.6. The van der Waals surface area contributed by atoms with E-state index in [2.05, 4.69) is 24.0 Å². The lowest BCUT2D eigenvalue weighted by atomic mass is 9.99. The zero-order valence-electron chi connectivity index (χ0n) is 33.5. The van der Waals surface area contributed by atoms with E-state index in [-0.39, 0.29) is 6.61 Å². The average Bonchev–Trinajstić information content (AvgIpc) is 3.16. The molecule has 1 saturated heterocycles. The van der Waals surface area contributed by atoms with Gasteiger partial charge in [-0.05, 0) is 19.3 Å². The zero-order valence-corrected chi connectivity index (χ0v) is 33.5. The minimum absolute atomic E-state index is 0.0522. The molecule has 0 radical (unpaired) electrons. The highest BCUT2D eigenvalue weighted by atomic mass is 16.7. The summed E-state index contributed by atoms with van der Waals surface area (Å²) >= 11 is 0. The number of unbranched alkanes of at least 4 members (excludes halogenated alkanes) is 22. The molecule has 13 nitrogen and oxygen atoms in total. The fraction of sp³-hybridized carbons (Fsp3) is 0.878. The Morgan fingerprint density at radius 2 is 1.22 bits per heavy atom. The van der Waals surface area contributed by atoms with Crippen LogP contribution in [-0.2, 0) is 23.8 Å². The number of carbonyl (C=O) groups excluding carboxylic acids is 2. The van der Waals surface area contributed by atoms with Crippen molar-refractivity contribution in [3.8, 4) is 0 Å². The number of allylic oxidation sites excluding steroid dienone is 1. The molecule has 1 aliphatic heterocycles. The number of rotatable bonds is 34. The maximum Gasteiger partial charge on any atom is 0.462 e. The molecular formula is C41H75N3O10. The van der Waals surface area contributed by atoms with Crippen LogP contribution in [0, 0.1) is 0 Å². The fourth-order valence-corrected chi connectivity index (χ4v) is 6.52. The van der Waals surface area contributed by atoms with E-state index in [0.717, 1.165) is 38.5 Å². The number of hydrogen-bond donors (Lipinski definition) is 6. The third-order valence-corrected chi connectivity index (χ3v) is 10.1. The van der Waals surface area contributed by atoms with Crippen molar-refractivity contribution >= 4 is 17.6 Å². The number of aliphatic hydroxyl groups excluding tert-OH is 5. The second kappa shape index (κ2) is 33.0. The van der Waals surface area contributed by atoms with Crippen LogP contribution >= 0.6 is 0 Å². The Hall–Kier alpha value is -2.22. The number of nitrogens with one attached hydrogen (secondary N) is 1. The Kier molecular flexibility index (Phi) is 30.4. The number of nitrogens with zero attached hydrogens (tertiary/aromatic N) is 2. The van der Waals surface area contributed by atoms with Gasteiger partial charge in [-0.15, -0.1) is 0 Å². The number of aliphatic hydroxyl groups is 5. The smallest absolute Gasteiger partial charge is 0.457 e. The van der Waals surface area contributed by atoms with Crippen LogP contribution in [0.3, 0.4) is 0 Å². The third kappa shape index (κ3) is 22.4. The van der Waals surface area contributed by atoms with Gasteiger partial charge in [0.15, 0.2) is 6.29 Å². The first-order chi connectivity index (χ1) is 26.2. The molecule has 7 atom stereocenters. The molecule has 1 rings (SSSR count). The summed E-state index contributed by atoms with van der Waals surface area (Å²) in [6.45, 7) is 3.35. The molecule has 1 amide bonds. The SMILES string of the molecule is CCCCCCCCCCCCC/C=C/[C@@H](O)[C@H](CO[C@@H]1O[C@H](CO)[C@H](O)[C@H](O)[C@H]1O)NC(=O)C(=[N+]=[N-])C(=O)OCCCCCCCCCCCCCC. The van der Waals surface area contributed by atoms with Gasteiger partial charge in [0.25, 0.3) is 0 Å². The third-order valence-electron chi connectivity index (χ3n) is 10.1. The maximum absolute atomic E-state index is 13.1. The Balaban J connectivity index is 2.61. The van der Waals surface area contributed by atoms with Crippen LogP contribution in [-0.4, -0.2) is 111 Å². The molecule has 13 heteroatoms. The summed E-state index contributed by atoms with van der Waals surface area (Å²) in [4.78, 5) is 28.6. The van der Waals surface area contributed by atoms with Crippen molar-refractivity contribution in [2.45, 2.75) is 211 Å². The summed E-state index contributed by atoms with van der Waals surface area (Å²) < 4.78 is 16.2. The molecular weight excluding hydrogens is 694 g/mol. The molecule has 1 aliphatic rings. The van der Waals surface area contributed by atoms with Crippen LogP contribution in [0.25, 0.3) is 5.53 Å². The summed E-state index contributed by atoms with van der Waals surface area (Å²) in [6.07, 6.45) is 22.0. The van der Waals surface area contributed by atoms with Crippen LogP contribution in [0.4, 0.5) is 0 Å². The first-order valence-corrected chi connectivity index (χ1v) is 21.2. The molecule has 0 aliphatic carbocycles. The average molecular weight is 770 g/mol. The van der Waals surface area contributed by atoms with E-state index in [0.29, 0.717) is 12.8 Å². The fourth-order valence-electron chi connectivity index (χ4n) is 6.52. The summed E-state index contributed by atoms with van der Waals surface area (Å²) in [5.74, 6) is -2.23. The molecule has 6 N–H and O–H groups in total. The van der Waals surface area contributed by atoms with Gasteiger partial charge >= 0.3 is 17.6 Å². The molecule has 1 heterocycles. The lowest BCUT2D eigenvalue weighted by Crippen LogP contribution is -2.60. The van der Waals surface area contributed by atoms with E-state index in [4.69, 9.17) is 14.2 Å². The first-order valence-electron chi connectivity index (χ1n) is 21.2. The minimum Gasteiger partial charge on any atom is -0.457 e. The van der Waals surface area contributed by atoms with Gasteiger partial charge in [-0.3, -0.25) is 4.79 Å². The Morgan fingerprint density at radius 3 is 1.70 bits per heavy atom. The first kappa shape index (κ1) is 49.8. The quantitative estimate of drug-likeness (QED) is 0.00878. The van der Waals surface area contributed by atoms with Crippen molar-refractivity contribution in [2.24, 2.45) is 0 Å². The lowest BCUT2D eigenvalue weighted by molar-refractivity contribution is -0.302.